The molecule has 2 N–H and O–H groups in total. The van der Waals surface area contributed by atoms with Gasteiger partial charge in [-0.25, -0.2) is 9.59 Å². The van der Waals surface area contributed by atoms with Gasteiger partial charge in [-0.05, 0) is 17.7 Å². The van der Waals surface area contributed by atoms with Crippen LogP contribution >= 0.6 is 0 Å². The predicted octanol–water partition coefficient (Wildman–Crippen LogP) is 2.75. The number of carbonyl (C=O) groups is 2. The number of benzene rings is 1. The first-order chi connectivity index (χ1) is 10.7. The van der Waals surface area contributed by atoms with Crippen LogP contribution in [0.1, 0.15) is 17.2 Å². The Morgan fingerprint density at radius 2 is 2.09 bits per heavy atom. The minimum atomic E-state index is -4.74. The van der Waals surface area contributed by atoms with Crippen LogP contribution < -0.4 is 10.1 Å². The molecule has 1 amide bonds. The number of carbonyl (C=O) groups excluding carboxylic acids is 1. The highest BCUT2D eigenvalue weighted by Gasteiger charge is 2.36. The maximum Gasteiger partial charge on any atom is 0.419 e. The number of alkyl halides is 3. The van der Waals surface area contributed by atoms with Crippen molar-refractivity contribution in [1.29, 1.82) is 0 Å². The van der Waals surface area contributed by atoms with Gasteiger partial charge in [0.05, 0.1) is 12.7 Å². The summed E-state index contributed by atoms with van der Waals surface area (Å²) in [5.41, 5.74) is -1.42. The van der Waals surface area contributed by atoms with Crippen molar-refractivity contribution in [2.75, 3.05) is 13.7 Å². The molecular weight excluding hydrogens is 319 g/mol. The summed E-state index contributed by atoms with van der Waals surface area (Å²) in [5.74, 6) is -2.00. The Balaban J connectivity index is 3.15. The predicted molar refractivity (Wildman–Crippen MR) is 73.1 cm³/mol. The molecule has 0 spiro atoms. The summed E-state index contributed by atoms with van der Waals surface area (Å²) in [5, 5.41) is 11.1. The molecule has 126 valence electrons. The largest absolute Gasteiger partial charge is 0.496 e. The van der Waals surface area contributed by atoms with Gasteiger partial charge in [-0.3, -0.25) is 0 Å². The van der Waals surface area contributed by atoms with Gasteiger partial charge in [0.2, 0.25) is 0 Å². The van der Waals surface area contributed by atoms with Crippen molar-refractivity contribution in [2.45, 2.75) is 12.2 Å². The number of carboxylic acid groups (broad SMARTS) is 1. The van der Waals surface area contributed by atoms with Gasteiger partial charge in [0, 0.05) is 0 Å². The lowest BCUT2D eigenvalue weighted by atomic mass is 10.0. The van der Waals surface area contributed by atoms with Crippen molar-refractivity contribution in [3.05, 3.63) is 42.0 Å². The normalized spacial score (nSPS) is 12.2. The Morgan fingerprint density at radius 1 is 1.43 bits per heavy atom. The van der Waals surface area contributed by atoms with E-state index in [0.29, 0.717) is 6.07 Å². The Morgan fingerprint density at radius 3 is 2.57 bits per heavy atom. The van der Waals surface area contributed by atoms with E-state index in [4.69, 9.17) is 5.11 Å². The van der Waals surface area contributed by atoms with E-state index in [0.717, 1.165) is 19.2 Å². The van der Waals surface area contributed by atoms with Crippen LogP contribution in [0.5, 0.6) is 5.75 Å². The van der Waals surface area contributed by atoms with Crippen LogP contribution in [-0.2, 0) is 15.7 Å². The molecule has 6 nitrogen and oxygen atoms in total. The van der Waals surface area contributed by atoms with Crippen molar-refractivity contribution >= 4 is 12.1 Å². The molecule has 0 aromatic heterocycles. The molecule has 23 heavy (non-hydrogen) atoms. The number of carboxylic acids is 1. The van der Waals surface area contributed by atoms with Gasteiger partial charge in [-0.1, -0.05) is 18.7 Å². The lowest BCUT2D eigenvalue weighted by Crippen LogP contribution is -2.34. The number of halogens is 3. The van der Waals surface area contributed by atoms with Crippen LogP contribution in [0.4, 0.5) is 18.0 Å². The Bertz CT molecular complexity index is 601. The minimum absolute atomic E-state index is 0.172. The van der Waals surface area contributed by atoms with E-state index >= 15 is 0 Å². The van der Waals surface area contributed by atoms with E-state index in [1.54, 1.807) is 0 Å². The average Bonchev–Trinajstić information content (AvgIpc) is 2.48. The topological polar surface area (TPSA) is 84.9 Å². The van der Waals surface area contributed by atoms with Crippen molar-refractivity contribution < 1.29 is 37.3 Å². The summed E-state index contributed by atoms with van der Waals surface area (Å²) in [6.07, 6.45) is -4.58. The van der Waals surface area contributed by atoms with Crippen LogP contribution in [0.2, 0.25) is 0 Å². The second-order valence-corrected chi connectivity index (χ2v) is 4.26. The van der Waals surface area contributed by atoms with Crippen LogP contribution in [-0.4, -0.2) is 30.9 Å². The van der Waals surface area contributed by atoms with Gasteiger partial charge in [-0.2, -0.15) is 13.2 Å². The summed E-state index contributed by atoms with van der Waals surface area (Å²) >= 11 is 0. The summed E-state index contributed by atoms with van der Waals surface area (Å²) in [7, 11) is 1.06. The third-order valence-corrected chi connectivity index (χ3v) is 2.70. The number of rotatable bonds is 6. The Labute approximate surface area is 129 Å². The maximum atomic E-state index is 13.0. The third kappa shape index (κ3) is 4.90. The molecule has 0 aliphatic rings. The third-order valence-electron chi connectivity index (χ3n) is 2.70. The molecule has 0 bridgehead atoms. The van der Waals surface area contributed by atoms with E-state index in [2.05, 4.69) is 16.1 Å². The number of hydrogen-bond donors (Lipinski definition) is 2. The summed E-state index contributed by atoms with van der Waals surface area (Å²) < 4.78 is 48.0. The molecule has 0 saturated carbocycles. The zero-order valence-corrected chi connectivity index (χ0v) is 12.0. The smallest absolute Gasteiger partial charge is 0.419 e. The number of methoxy groups -OCH3 is 1. The summed E-state index contributed by atoms with van der Waals surface area (Å²) in [6, 6.07) is 0.982. The molecule has 1 unspecified atom stereocenters. The van der Waals surface area contributed by atoms with E-state index in [1.807, 2.05) is 5.32 Å². The van der Waals surface area contributed by atoms with Gasteiger partial charge < -0.3 is 19.9 Å². The van der Waals surface area contributed by atoms with Crippen LogP contribution in [0.15, 0.2) is 30.9 Å². The fraction of sp³-hybridized carbons (Fsp3) is 0.286. The fourth-order valence-electron chi connectivity index (χ4n) is 1.71. The van der Waals surface area contributed by atoms with Crippen LogP contribution in [0.3, 0.4) is 0 Å². The summed E-state index contributed by atoms with van der Waals surface area (Å²) in [6.45, 7) is 3.13. The van der Waals surface area contributed by atoms with E-state index in [9.17, 15) is 22.8 Å². The number of alkyl carbamates (subject to hydrolysis) is 1. The molecule has 1 atom stereocenters. The van der Waals surface area contributed by atoms with Crippen molar-refractivity contribution in [1.82, 2.24) is 5.32 Å². The molecule has 0 heterocycles. The lowest BCUT2D eigenvalue weighted by Gasteiger charge is -2.18. The minimum Gasteiger partial charge on any atom is -0.496 e. The van der Waals surface area contributed by atoms with E-state index in [-0.39, 0.29) is 12.2 Å². The number of ether oxygens (including phenoxy) is 2. The van der Waals surface area contributed by atoms with Gasteiger partial charge in [0.15, 0.2) is 6.04 Å². The standard InChI is InChI=1S/C14H14F3NO5/c1-3-6-23-13(21)18-11(12(19)20)8-4-5-10(22-2)9(7-8)14(15,16)17/h3-5,7,11H,1,6H2,2H3,(H,18,21)(H,19,20). The molecule has 0 fully saturated rings. The van der Waals surface area contributed by atoms with Crippen molar-refractivity contribution in [3.63, 3.8) is 0 Å². The number of amides is 1. The maximum absolute atomic E-state index is 13.0. The Hall–Kier alpha value is -2.71. The molecule has 1 rings (SSSR count). The van der Waals surface area contributed by atoms with Gasteiger partial charge in [-0.15, -0.1) is 0 Å². The molecule has 1 aromatic rings. The zero-order chi connectivity index (χ0) is 17.6. The highest BCUT2D eigenvalue weighted by atomic mass is 19.4. The van der Waals surface area contributed by atoms with E-state index in [1.165, 1.54) is 6.08 Å². The second kappa shape index (κ2) is 7.52. The second-order valence-electron chi connectivity index (χ2n) is 4.26. The van der Waals surface area contributed by atoms with Gasteiger partial charge in [0.1, 0.15) is 12.4 Å². The number of hydrogen-bond acceptors (Lipinski definition) is 4. The average molecular weight is 333 g/mol. The molecular formula is C14H14F3NO5. The van der Waals surface area contributed by atoms with E-state index < -0.39 is 35.6 Å². The molecule has 0 saturated heterocycles. The zero-order valence-electron chi connectivity index (χ0n) is 12.0. The molecule has 9 heteroatoms. The quantitative estimate of drug-likeness (QED) is 0.782. The SMILES string of the molecule is C=CCOC(=O)NC(C(=O)O)c1ccc(OC)c(C(F)(F)F)c1. The monoisotopic (exact) mass is 333 g/mol. The molecule has 0 radical (unpaired) electrons. The molecule has 0 aliphatic heterocycles. The lowest BCUT2D eigenvalue weighted by molar-refractivity contribution is -0.141. The van der Waals surface area contributed by atoms with Crippen molar-refractivity contribution in [2.24, 2.45) is 0 Å². The number of aliphatic carboxylic acids is 1. The first kappa shape index (κ1) is 18.3. The first-order valence-electron chi connectivity index (χ1n) is 6.22. The number of nitrogens with one attached hydrogen (secondary N) is 1. The highest BCUT2D eigenvalue weighted by Crippen LogP contribution is 2.37. The van der Waals surface area contributed by atoms with Crippen LogP contribution in [0, 0.1) is 0 Å². The summed E-state index contributed by atoms with van der Waals surface area (Å²) in [4.78, 5) is 22.6. The van der Waals surface area contributed by atoms with Gasteiger partial charge >= 0.3 is 18.2 Å². The fourth-order valence-corrected chi connectivity index (χ4v) is 1.71. The van der Waals surface area contributed by atoms with Crippen LogP contribution in [0.25, 0.3) is 0 Å². The molecule has 1 aromatic carbocycles. The first-order valence-corrected chi connectivity index (χ1v) is 6.22. The van der Waals surface area contributed by atoms with Gasteiger partial charge in [0.25, 0.3) is 0 Å². The highest BCUT2D eigenvalue weighted by molar-refractivity contribution is 5.81. The van der Waals surface area contributed by atoms with Crippen molar-refractivity contribution in [3.8, 4) is 5.75 Å². The Kier molecular flexibility index (Phi) is 6.00. The molecule has 0 aliphatic carbocycles.